The summed E-state index contributed by atoms with van der Waals surface area (Å²) in [6.07, 6.45) is 5.41. The zero-order chi connectivity index (χ0) is 20.3. The van der Waals surface area contributed by atoms with E-state index in [9.17, 15) is 0 Å². The van der Waals surface area contributed by atoms with Crippen molar-refractivity contribution in [2.75, 3.05) is 0 Å². The van der Waals surface area contributed by atoms with Crippen LogP contribution in [0.3, 0.4) is 0 Å². The second kappa shape index (κ2) is 7.93. The Morgan fingerprint density at radius 3 is 2.67 bits per heavy atom. The molecule has 0 fully saturated rings. The van der Waals surface area contributed by atoms with Crippen molar-refractivity contribution in [2.45, 2.75) is 6.92 Å². The molecule has 3 heterocycles. The lowest BCUT2D eigenvalue weighted by molar-refractivity contribution is 0.854. The Morgan fingerprint density at radius 1 is 1.00 bits per heavy atom. The normalized spacial score (nSPS) is 12.2. The quantitative estimate of drug-likeness (QED) is 0.391. The van der Waals surface area contributed by atoms with Gasteiger partial charge in [-0.15, -0.1) is 11.3 Å². The number of para-hydroxylation sites is 1. The number of hydrogen-bond acceptors (Lipinski definition) is 4. The van der Waals surface area contributed by atoms with Crippen LogP contribution in [0.15, 0.2) is 94.6 Å². The highest BCUT2D eigenvalue weighted by Gasteiger charge is 2.09. The van der Waals surface area contributed by atoms with Crippen molar-refractivity contribution >= 4 is 34.1 Å². The Balaban J connectivity index is 1.67. The van der Waals surface area contributed by atoms with Crippen LogP contribution in [-0.2, 0) is 0 Å². The van der Waals surface area contributed by atoms with Crippen molar-refractivity contribution < 1.29 is 0 Å². The Morgan fingerprint density at radius 2 is 1.83 bits per heavy atom. The van der Waals surface area contributed by atoms with Crippen LogP contribution in [0.5, 0.6) is 0 Å². The molecule has 146 valence electrons. The van der Waals surface area contributed by atoms with Gasteiger partial charge in [0.05, 0.1) is 23.8 Å². The van der Waals surface area contributed by atoms with Gasteiger partial charge in [0.1, 0.15) is 0 Å². The first-order chi connectivity index (χ1) is 14.8. The Labute approximate surface area is 177 Å². The molecule has 0 bridgehead atoms. The summed E-state index contributed by atoms with van der Waals surface area (Å²) >= 11 is 1.56. The van der Waals surface area contributed by atoms with Gasteiger partial charge in [0, 0.05) is 39.3 Å². The number of benzene rings is 2. The number of aryl methyl sites for hydroxylation is 1. The lowest BCUT2D eigenvalue weighted by Crippen LogP contribution is -2.11. The molecule has 0 atom stereocenters. The van der Waals surface area contributed by atoms with E-state index >= 15 is 0 Å². The summed E-state index contributed by atoms with van der Waals surface area (Å²) in [6.45, 7) is 2.07. The summed E-state index contributed by atoms with van der Waals surface area (Å²) in [5, 5.41) is 8.10. The maximum atomic E-state index is 4.86. The van der Waals surface area contributed by atoms with E-state index in [1.165, 1.54) is 0 Å². The highest BCUT2D eigenvalue weighted by Crippen LogP contribution is 2.22. The number of nitrogens with one attached hydrogen (secondary N) is 1. The van der Waals surface area contributed by atoms with Crippen molar-refractivity contribution in [1.29, 1.82) is 0 Å². The SMILES string of the molecule is Cc1[nH]c2ccccc2c1C=Nn1c(-c2ccccc2)csc1=Nc1cccnc1. The number of aromatic nitrogens is 3. The number of fused-ring (bicyclic) bond motifs is 1. The summed E-state index contributed by atoms with van der Waals surface area (Å²) in [6, 6.07) is 22.3. The van der Waals surface area contributed by atoms with E-state index in [2.05, 4.69) is 46.5 Å². The van der Waals surface area contributed by atoms with E-state index in [4.69, 9.17) is 10.1 Å². The van der Waals surface area contributed by atoms with Crippen molar-refractivity contribution in [2.24, 2.45) is 10.1 Å². The van der Waals surface area contributed by atoms with Gasteiger partial charge in [-0.1, -0.05) is 48.5 Å². The second-order valence-electron chi connectivity index (χ2n) is 6.86. The fourth-order valence-electron chi connectivity index (χ4n) is 3.41. The van der Waals surface area contributed by atoms with E-state index < -0.39 is 0 Å². The summed E-state index contributed by atoms with van der Waals surface area (Å²) in [4.78, 5) is 13.2. The number of rotatable bonds is 4. The largest absolute Gasteiger partial charge is 0.358 e. The molecule has 0 saturated carbocycles. The minimum absolute atomic E-state index is 0.788. The van der Waals surface area contributed by atoms with Crippen LogP contribution in [0.2, 0.25) is 0 Å². The molecule has 0 spiro atoms. The van der Waals surface area contributed by atoms with Crippen molar-refractivity contribution in [3.8, 4) is 11.3 Å². The molecular formula is C24H19N5S. The molecule has 30 heavy (non-hydrogen) atoms. The number of aromatic amines is 1. The molecule has 0 aliphatic rings. The van der Waals surface area contributed by atoms with Gasteiger partial charge < -0.3 is 4.98 Å². The summed E-state index contributed by atoms with van der Waals surface area (Å²) in [5.74, 6) is 0. The fourth-order valence-corrected chi connectivity index (χ4v) is 4.26. The van der Waals surface area contributed by atoms with Crippen molar-refractivity contribution in [3.63, 3.8) is 0 Å². The van der Waals surface area contributed by atoms with Crippen molar-refractivity contribution in [1.82, 2.24) is 14.6 Å². The van der Waals surface area contributed by atoms with E-state index in [0.717, 1.165) is 43.9 Å². The van der Waals surface area contributed by atoms with E-state index in [1.807, 2.05) is 53.4 Å². The van der Waals surface area contributed by atoms with E-state index in [-0.39, 0.29) is 0 Å². The van der Waals surface area contributed by atoms with Crippen LogP contribution in [0.4, 0.5) is 5.69 Å². The number of pyridine rings is 1. The predicted octanol–water partition coefficient (Wildman–Crippen LogP) is 5.52. The Hall–Kier alpha value is -3.77. The summed E-state index contributed by atoms with van der Waals surface area (Å²) in [5.41, 5.74) is 6.16. The van der Waals surface area contributed by atoms with Gasteiger partial charge in [0.2, 0.25) is 4.80 Å². The molecule has 6 heteroatoms. The molecule has 5 aromatic rings. The number of thiazole rings is 1. The van der Waals surface area contributed by atoms with Gasteiger partial charge in [0.15, 0.2) is 0 Å². The van der Waals surface area contributed by atoms with Crippen LogP contribution in [-0.4, -0.2) is 20.9 Å². The molecule has 3 aromatic heterocycles. The Bertz CT molecular complexity index is 1390. The molecule has 0 aliphatic carbocycles. The first-order valence-electron chi connectivity index (χ1n) is 9.62. The maximum absolute atomic E-state index is 4.86. The first kappa shape index (κ1) is 18.3. The Kier molecular flexibility index (Phi) is 4.83. The third-order valence-electron chi connectivity index (χ3n) is 4.87. The standard InChI is InChI=1S/C24H19N5S/c1-17-21(20-11-5-6-12-22(20)27-17)15-26-29-23(18-8-3-2-4-9-18)16-30-24(29)28-19-10-7-13-25-14-19/h2-16,27H,1H3. The van der Waals surface area contributed by atoms with Gasteiger partial charge in [-0.2, -0.15) is 5.10 Å². The van der Waals surface area contributed by atoms with Gasteiger partial charge in [-0.25, -0.2) is 9.67 Å². The molecule has 0 radical (unpaired) electrons. The van der Waals surface area contributed by atoms with Gasteiger partial charge in [0.25, 0.3) is 0 Å². The fraction of sp³-hybridized carbons (Fsp3) is 0.0417. The third kappa shape index (κ3) is 3.49. The van der Waals surface area contributed by atoms with Crippen molar-refractivity contribution in [3.05, 3.63) is 101 Å². The van der Waals surface area contributed by atoms with Crippen LogP contribution < -0.4 is 4.80 Å². The minimum Gasteiger partial charge on any atom is -0.358 e. The third-order valence-corrected chi connectivity index (χ3v) is 5.69. The number of nitrogens with zero attached hydrogens (tertiary/aromatic N) is 4. The molecule has 0 saturated heterocycles. The molecule has 5 rings (SSSR count). The lowest BCUT2D eigenvalue weighted by Gasteiger charge is -2.03. The smallest absolute Gasteiger partial charge is 0.211 e. The molecule has 2 aromatic carbocycles. The van der Waals surface area contributed by atoms with Gasteiger partial charge >= 0.3 is 0 Å². The summed E-state index contributed by atoms with van der Waals surface area (Å²) in [7, 11) is 0. The van der Waals surface area contributed by atoms with Crippen LogP contribution >= 0.6 is 11.3 Å². The van der Waals surface area contributed by atoms with Gasteiger partial charge in [-0.05, 0) is 25.1 Å². The minimum atomic E-state index is 0.788. The summed E-state index contributed by atoms with van der Waals surface area (Å²) < 4.78 is 1.90. The zero-order valence-corrected chi connectivity index (χ0v) is 17.2. The first-order valence-corrected chi connectivity index (χ1v) is 10.5. The van der Waals surface area contributed by atoms with E-state index in [0.29, 0.717) is 0 Å². The molecule has 5 nitrogen and oxygen atoms in total. The zero-order valence-electron chi connectivity index (χ0n) is 16.4. The highest BCUT2D eigenvalue weighted by molar-refractivity contribution is 7.07. The van der Waals surface area contributed by atoms with Crippen LogP contribution in [0.1, 0.15) is 11.3 Å². The van der Waals surface area contributed by atoms with E-state index in [1.54, 1.807) is 23.7 Å². The molecule has 0 aliphatic heterocycles. The monoisotopic (exact) mass is 409 g/mol. The maximum Gasteiger partial charge on any atom is 0.211 e. The highest BCUT2D eigenvalue weighted by atomic mass is 32.1. The van der Waals surface area contributed by atoms with Crippen LogP contribution in [0.25, 0.3) is 22.2 Å². The average Bonchev–Trinajstić information content (AvgIpc) is 3.33. The van der Waals surface area contributed by atoms with Crippen LogP contribution in [0, 0.1) is 6.92 Å². The number of hydrogen-bond donors (Lipinski definition) is 1. The van der Waals surface area contributed by atoms with Gasteiger partial charge in [-0.3, -0.25) is 4.98 Å². The molecule has 0 amide bonds. The topological polar surface area (TPSA) is 58.3 Å². The average molecular weight is 410 g/mol. The number of H-pyrrole nitrogens is 1. The predicted molar refractivity (Wildman–Crippen MR) is 123 cm³/mol. The lowest BCUT2D eigenvalue weighted by atomic mass is 10.1. The second-order valence-corrected chi connectivity index (χ2v) is 7.69. The molecular weight excluding hydrogens is 390 g/mol. The molecule has 1 N–H and O–H groups in total. The molecule has 0 unspecified atom stereocenters.